The molecule has 0 atom stereocenters. The number of carbonyl (C=O) groups excluding carboxylic acids is 1. The number of thioether (sulfide) groups is 1. The third kappa shape index (κ3) is 3.89. The molecule has 0 aliphatic carbocycles. The Labute approximate surface area is 149 Å². The molecule has 0 aliphatic heterocycles. The van der Waals surface area contributed by atoms with E-state index in [1.165, 1.54) is 17.8 Å². The van der Waals surface area contributed by atoms with Crippen LogP contribution in [0.5, 0.6) is 0 Å². The van der Waals surface area contributed by atoms with Gasteiger partial charge in [0.15, 0.2) is 0 Å². The summed E-state index contributed by atoms with van der Waals surface area (Å²) in [6.45, 7) is 0. The Morgan fingerprint density at radius 2 is 1.79 bits per heavy atom. The van der Waals surface area contributed by atoms with Gasteiger partial charge in [-0.05, 0) is 23.6 Å². The van der Waals surface area contributed by atoms with E-state index in [1.807, 2.05) is 42.5 Å². The number of halogens is 2. The molecule has 122 valence electrons. The van der Waals surface area contributed by atoms with E-state index in [0.29, 0.717) is 16.3 Å². The summed E-state index contributed by atoms with van der Waals surface area (Å²) in [5.41, 5.74) is 1.21. The van der Waals surface area contributed by atoms with Crippen LogP contribution in [-0.2, 0) is 10.5 Å². The lowest BCUT2D eigenvalue weighted by atomic mass is 10.1. The van der Waals surface area contributed by atoms with E-state index in [4.69, 9.17) is 11.6 Å². The largest absolute Gasteiger partial charge is 0.325 e. The van der Waals surface area contributed by atoms with Crippen molar-refractivity contribution in [2.24, 2.45) is 0 Å². The second-order valence-electron chi connectivity index (χ2n) is 5.27. The molecule has 3 aromatic carbocycles. The number of hydrogen-bond acceptors (Lipinski definition) is 2. The SMILES string of the molecule is O=C(CSCc1c(F)cccc1Cl)Nc1cccc2ccccc12. The number of rotatable bonds is 5. The van der Waals surface area contributed by atoms with Gasteiger partial charge in [0.25, 0.3) is 0 Å². The Bertz CT molecular complexity index is 859. The number of fused-ring (bicyclic) bond motifs is 1. The van der Waals surface area contributed by atoms with E-state index in [0.717, 1.165) is 16.5 Å². The summed E-state index contributed by atoms with van der Waals surface area (Å²) in [5.74, 6) is 0.121. The first kappa shape index (κ1) is 16.8. The van der Waals surface area contributed by atoms with Gasteiger partial charge in [0, 0.05) is 27.4 Å². The number of benzene rings is 3. The number of nitrogens with one attached hydrogen (secondary N) is 1. The molecule has 0 spiro atoms. The van der Waals surface area contributed by atoms with Crippen molar-refractivity contribution in [3.05, 3.63) is 77.1 Å². The lowest BCUT2D eigenvalue weighted by Crippen LogP contribution is -2.14. The lowest BCUT2D eigenvalue weighted by molar-refractivity contribution is -0.113. The van der Waals surface area contributed by atoms with Crippen LogP contribution in [-0.4, -0.2) is 11.7 Å². The van der Waals surface area contributed by atoms with Gasteiger partial charge in [0.05, 0.1) is 5.75 Å². The average molecular weight is 360 g/mol. The summed E-state index contributed by atoms with van der Waals surface area (Å²) in [4.78, 5) is 12.2. The molecular formula is C19H15ClFNOS. The molecule has 2 nitrogen and oxygen atoms in total. The van der Waals surface area contributed by atoms with Crippen LogP contribution in [0.25, 0.3) is 10.8 Å². The first-order valence-corrected chi connectivity index (χ1v) is 8.96. The zero-order valence-electron chi connectivity index (χ0n) is 12.8. The second-order valence-corrected chi connectivity index (χ2v) is 6.66. The van der Waals surface area contributed by atoms with Crippen molar-refractivity contribution in [2.45, 2.75) is 5.75 Å². The van der Waals surface area contributed by atoms with Gasteiger partial charge < -0.3 is 5.32 Å². The highest BCUT2D eigenvalue weighted by Crippen LogP contribution is 2.25. The third-order valence-corrected chi connectivity index (χ3v) is 4.92. The topological polar surface area (TPSA) is 29.1 Å². The monoisotopic (exact) mass is 359 g/mol. The summed E-state index contributed by atoms with van der Waals surface area (Å²) in [6, 6.07) is 18.2. The Hall–Kier alpha value is -2.04. The fourth-order valence-corrected chi connectivity index (χ4v) is 3.60. The van der Waals surface area contributed by atoms with E-state index in [1.54, 1.807) is 12.1 Å². The molecule has 0 fully saturated rings. The fraction of sp³-hybridized carbons (Fsp3) is 0.105. The molecule has 1 amide bonds. The molecule has 0 aliphatic rings. The number of amides is 1. The second kappa shape index (κ2) is 7.69. The van der Waals surface area contributed by atoms with Gasteiger partial charge >= 0.3 is 0 Å². The van der Waals surface area contributed by atoms with Crippen LogP contribution in [0.1, 0.15) is 5.56 Å². The van der Waals surface area contributed by atoms with Crippen LogP contribution in [0, 0.1) is 5.82 Å². The smallest absolute Gasteiger partial charge is 0.234 e. The van der Waals surface area contributed by atoms with Gasteiger partial charge in [0.2, 0.25) is 5.91 Å². The zero-order chi connectivity index (χ0) is 16.9. The Balaban J connectivity index is 1.62. The van der Waals surface area contributed by atoms with Gasteiger partial charge in [-0.2, -0.15) is 0 Å². The maximum atomic E-state index is 13.7. The number of carbonyl (C=O) groups is 1. The zero-order valence-corrected chi connectivity index (χ0v) is 14.3. The van der Waals surface area contributed by atoms with Crippen LogP contribution in [0.3, 0.4) is 0 Å². The molecule has 0 saturated heterocycles. The molecule has 0 aromatic heterocycles. The third-order valence-electron chi connectivity index (χ3n) is 3.60. The molecule has 24 heavy (non-hydrogen) atoms. The lowest BCUT2D eigenvalue weighted by Gasteiger charge is -2.09. The van der Waals surface area contributed by atoms with Crippen molar-refractivity contribution < 1.29 is 9.18 Å². The predicted molar refractivity (Wildman–Crippen MR) is 100 cm³/mol. The predicted octanol–water partition coefficient (Wildman–Crippen LogP) is 5.50. The standard InChI is InChI=1S/C19H15ClFNOS/c20-16-8-4-9-17(21)15(16)11-24-12-19(23)22-18-10-3-6-13-5-1-2-7-14(13)18/h1-10H,11-12H2,(H,22,23). The quantitative estimate of drug-likeness (QED) is 0.651. The molecule has 0 heterocycles. The Morgan fingerprint density at radius 3 is 2.62 bits per heavy atom. The molecule has 5 heteroatoms. The maximum absolute atomic E-state index is 13.7. The fourth-order valence-electron chi connectivity index (χ4n) is 2.44. The van der Waals surface area contributed by atoms with Gasteiger partial charge in [0.1, 0.15) is 5.82 Å². The molecule has 0 bridgehead atoms. The average Bonchev–Trinajstić information content (AvgIpc) is 2.58. The van der Waals surface area contributed by atoms with E-state index >= 15 is 0 Å². The molecule has 0 unspecified atom stereocenters. The van der Waals surface area contributed by atoms with Crippen LogP contribution in [0.4, 0.5) is 10.1 Å². The number of anilines is 1. The van der Waals surface area contributed by atoms with E-state index < -0.39 is 0 Å². The normalized spacial score (nSPS) is 10.8. The van der Waals surface area contributed by atoms with Crippen molar-refractivity contribution >= 4 is 45.7 Å². The van der Waals surface area contributed by atoms with E-state index in [9.17, 15) is 9.18 Å². The van der Waals surface area contributed by atoms with Crippen molar-refractivity contribution in [1.29, 1.82) is 0 Å². The molecule has 0 saturated carbocycles. The Kier molecular flexibility index (Phi) is 5.38. The highest BCUT2D eigenvalue weighted by atomic mass is 35.5. The van der Waals surface area contributed by atoms with Crippen molar-refractivity contribution in [3.8, 4) is 0 Å². The van der Waals surface area contributed by atoms with Gasteiger partial charge in [-0.25, -0.2) is 4.39 Å². The minimum atomic E-state index is -0.343. The summed E-state index contributed by atoms with van der Waals surface area (Å²) >= 11 is 7.32. The summed E-state index contributed by atoms with van der Waals surface area (Å²) in [6.07, 6.45) is 0. The van der Waals surface area contributed by atoms with Gasteiger partial charge in [-0.1, -0.05) is 54.1 Å². The van der Waals surface area contributed by atoms with Crippen LogP contribution in [0.15, 0.2) is 60.7 Å². The Morgan fingerprint density at radius 1 is 1.04 bits per heavy atom. The molecule has 0 radical (unpaired) electrons. The van der Waals surface area contributed by atoms with Crippen LogP contribution in [0.2, 0.25) is 5.02 Å². The minimum Gasteiger partial charge on any atom is -0.325 e. The molecule has 3 rings (SSSR count). The first-order valence-electron chi connectivity index (χ1n) is 7.43. The van der Waals surface area contributed by atoms with Crippen molar-refractivity contribution in [2.75, 3.05) is 11.1 Å². The van der Waals surface area contributed by atoms with Crippen molar-refractivity contribution in [3.63, 3.8) is 0 Å². The first-order chi connectivity index (χ1) is 11.6. The highest BCUT2D eigenvalue weighted by Gasteiger charge is 2.09. The molecule has 3 aromatic rings. The van der Waals surface area contributed by atoms with Gasteiger partial charge in [-0.15, -0.1) is 11.8 Å². The summed E-state index contributed by atoms with van der Waals surface area (Å²) < 4.78 is 13.7. The molecule has 1 N–H and O–H groups in total. The minimum absolute atomic E-state index is 0.121. The van der Waals surface area contributed by atoms with Gasteiger partial charge in [-0.3, -0.25) is 4.79 Å². The summed E-state index contributed by atoms with van der Waals surface area (Å²) in [5, 5.41) is 5.37. The highest BCUT2D eigenvalue weighted by molar-refractivity contribution is 7.99. The number of hydrogen-bond donors (Lipinski definition) is 1. The van der Waals surface area contributed by atoms with E-state index in [2.05, 4.69) is 5.32 Å². The van der Waals surface area contributed by atoms with Crippen LogP contribution >= 0.6 is 23.4 Å². The molecular weight excluding hydrogens is 345 g/mol. The van der Waals surface area contributed by atoms with Crippen LogP contribution < -0.4 is 5.32 Å². The summed E-state index contributed by atoms with van der Waals surface area (Å²) in [7, 11) is 0. The van der Waals surface area contributed by atoms with E-state index in [-0.39, 0.29) is 17.5 Å². The maximum Gasteiger partial charge on any atom is 0.234 e. The van der Waals surface area contributed by atoms with Crippen molar-refractivity contribution in [1.82, 2.24) is 0 Å².